The maximum atomic E-state index is 13.9. The van der Waals surface area contributed by atoms with Crippen LogP contribution in [0.2, 0.25) is 0 Å². The quantitative estimate of drug-likeness (QED) is 0.371. The first-order valence-electron chi connectivity index (χ1n) is 16.3. The van der Waals surface area contributed by atoms with Gasteiger partial charge in [-0.15, -0.1) is 0 Å². The average molecular weight is 656 g/mol. The fourth-order valence-electron chi connectivity index (χ4n) is 7.15. The minimum absolute atomic E-state index is 0.0120. The summed E-state index contributed by atoms with van der Waals surface area (Å²) in [5.74, 6) is -0.920. The predicted octanol–water partition coefficient (Wildman–Crippen LogP) is 3.21. The van der Waals surface area contributed by atoms with Gasteiger partial charge in [0.15, 0.2) is 5.65 Å². The Balaban J connectivity index is 1.24. The molecule has 1 aromatic carbocycles. The standard InChI is InChI=1S/C32H42FN7O5S/c1-44-25-12-16-37(17-13-25)23-10-14-38(15-11-23)28-18-27(32(41)36-46(42,43)39-19-26(20-39)45-2)34-31-29(28)30(21-4-3-5-21)35-40(31)24-8-6-22(33)7-9-24/h6-9,18,21,23,25-26H,3-5,10-17,19-20H2,1-2H3,(H,36,41). The smallest absolute Gasteiger partial charge is 0.304 e. The zero-order valence-electron chi connectivity index (χ0n) is 26.4. The van der Waals surface area contributed by atoms with Gasteiger partial charge in [0, 0.05) is 65.4 Å². The van der Waals surface area contributed by atoms with Gasteiger partial charge in [0.05, 0.1) is 34.7 Å². The molecular formula is C32H42FN7O5S. The van der Waals surface area contributed by atoms with Crippen molar-refractivity contribution in [2.24, 2.45) is 0 Å². The van der Waals surface area contributed by atoms with Crippen molar-refractivity contribution < 1.29 is 27.1 Å². The molecular weight excluding hydrogens is 613 g/mol. The number of halogens is 1. The SMILES string of the molecule is COC1CCN(C2CCN(c3cc(C(=O)NS(=O)(=O)N4CC(OC)C4)nc4c3c(C3CCC3)nn4-c3ccc(F)cc3)CC2)CC1. The monoisotopic (exact) mass is 655 g/mol. The fraction of sp³-hybridized carbons (Fsp3) is 0.594. The molecule has 1 amide bonds. The van der Waals surface area contributed by atoms with Gasteiger partial charge in [-0.1, -0.05) is 6.42 Å². The number of methoxy groups -OCH3 is 2. The van der Waals surface area contributed by atoms with Crippen LogP contribution in [0.1, 0.15) is 67.0 Å². The molecule has 12 nitrogen and oxygen atoms in total. The number of pyridine rings is 1. The second-order valence-corrected chi connectivity index (χ2v) is 14.6. The molecule has 1 aliphatic carbocycles. The topological polar surface area (TPSA) is 122 Å². The molecule has 4 fully saturated rings. The molecule has 1 N–H and O–H groups in total. The molecule has 5 heterocycles. The Morgan fingerprint density at radius 1 is 0.935 bits per heavy atom. The van der Waals surface area contributed by atoms with Crippen molar-refractivity contribution in [3.8, 4) is 5.69 Å². The number of piperidine rings is 2. The van der Waals surface area contributed by atoms with Crippen molar-refractivity contribution in [2.45, 2.75) is 69.1 Å². The van der Waals surface area contributed by atoms with Crippen molar-refractivity contribution in [2.75, 3.05) is 58.4 Å². The molecule has 3 saturated heterocycles. The van der Waals surface area contributed by atoms with Crippen LogP contribution in [0, 0.1) is 5.82 Å². The molecule has 0 radical (unpaired) electrons. The van der Waals surface area contributed by atoms with Crippen LogP contribution in [0.3, 0.4) is 0 Å². The van der Waals surface area contributed by atoms with Crippen LogP contribution in [-0.2, 0) is 19.7 Å². The van der Waals surface area contributed by atoms with Crippen molar-refractivity contribution >= 4 is 32.8 Å². The molecule has 3 aliphatic heterocycles. The van der Waals surface area contributed by atoms with E-state index in [1.165, 1.54) is 23.5 Å². The molecule has 2 aromatic heterocycles. The van der Waals surface area contributed by atoms with Crippen LogP contribution in [0.4, 0.5) is 10.1 Å². The second-order valence-electron chi connectivity index (χ2n) is 12.9. The average Bonchev–Trinajstić information content (AvgIpc) is 3.38. The summed E-state index contributed by atoms with van der Waals surface area (Å²) in [4.78, 5) is 23.2. The van der Waals surface area contributed by atoms with E-state index in [4.69, 9.17) is 19.6 Å². The lowest BCUT2D eigenvalue weighted by Crippen LogP contribution is -2.58. The van der Waals surface area contributed by atoms with E-state index in [0.29, 0.717) is 23.5 Å². The van der Waals surface area contributed by atoms with Gasteiger partial charge < -0.3 is 19.3 Å². The van der Waals surface area contributed by atoms with E-state index >= 15 is 0 Å². The summed E-state index contributed by atoms with van der Waals surface area (Å²) in [5, 5.41) is 5.90. The Morgan fingerprint density at radius 3 is 2.22 bits per heavy atom. The van der Waals surface area contributed by atoms with Gasteiger partial charge in [0.2, 0.25) is 0 Å². The second kappa shape index (κ2) is 12.8. The van der Waals surface area contributed by atoms with Crippen LogP contribution in [0.15, 0.2) is 30.3 Å². The number of amides is 1. The molecule has 7 rings (SSSR count). The highest BCUT2D eigenvalue weighted by Crippen LogP contribution is 2.43. The third kappa shape index (κ3) is 6.01. The molecule has 14 heteroatoms. The Morgan fingerprint density at radius 2 is 1.61 bits per heavy atom. The highest BCUT2D eigenvalue weighted by molar-refractivity contribution is 7.87. The van der Waals surface area contributed by atoms with Crippen LogP contribution in [-0.4, -0.2) is 110 Å². The number of aromatic nitrogens is 3. The summed E-state index contributed by atoms with van der Waals surface area (Å²) in [6.07, 6.45) is 7.29. The Labute approximate surface area is 269 Å². The first kappa shape index (κ1) is 31.4. The summed E-state index contributed by atoms with van der Waals surface area (Å²) in [6.45, 7) is 3.98. The van der Waals surface area contributed by atoms with Gasteiger partial charge in [-0.2, -0.15) is 17.8 Å². The number of likely N-dealkylation sites (tertiary alicyclic amines) is 1. The molecule has 4 aliphatic rings. The number of carbonyl (C=O) groups excluding carboxylic acids is 1. The molecule has 0 bridgehead atoms. The van der Waals surface area contributed by atoms with E-state index < -0.39 is 16.1 Å². The number of anilines is 1. The van der Waals surface area contributed by atoms with Gasteiger partial charge in [-0.25, -0.2) is 18.8 Å². The summed E-state index contributed by atoms with van der Waals surface area (Å²) < 4.78 is 55.8. The van der Waals surface area contributed by atoms with Gasteiger partial charge in [0.25, 0.3) is 5.91 Å². The summed E-state index contributed by atoms with van der Waals surface area (Å²) in [6, 6.07) is 8.22. The zero-order valence-corrected chi connectivity index (χ0v) is 27.2. The Kier molecular flexibility index (Phi) is 8.74. The number of carbonyl (C=O) groups is 1. The highest BCUT2D eigenvalue weighted by Gasteiger charge is 2.38. The van der Waals surface area contributed by atoms with Crippen molar-refractivity contribution in [1.29, 1.82) is 0 Å². The highest BCUT2D eigenvalue weighted by atomic mass is 32.2. The first-order valence-corrected chi connectivity index (χ1v) is 17.7. The van der Waals surface area contributed by atoms with E-state index in [1.54, 1.807) is 30.0 Å². The predicted molar refractivity (Wildman–Crippen MR) is 171 cm³/mol. The molecule has 1 saturated carbocycles. The van der Waals surface area contributed by atoms with E-state index in [2.05, 4.69) is 14.5 Å². The van der Waals surface area contributed by atoms with Gasteiger partial charge in [0.1, 0.15) is 11.5 Å². The summed E-state index contributed by atoms with van der Waals surface area (Å²) in [7, 11) is -0.762. The number of nitrogens with zero attached hydrogens (tertiary/aromatic N) is 6. The van der Waals surface area contributed by atoms with Crippen LogP contribution in [0.5, 0.6) is 0 Å². The molecule has 0 spiro atoms. The van der Waals surface area contributed by atoms with Crippen molar-refractivity contribution in [3.05, 3.63) is 47.5 Å². The maximum absolute atomic E-state index is 13.9. The number of ether oxygens (including phenoxy) is 2. The zero-order chi connectivity index (χ0) is 32.0. The Bertz CT molecular complexity index is 1670. The minimum atomic E-state index is -4.08. The number of rotatable bonds is 9. The molecule has 0 atom stereocenters. The lowest BCUT2D eigenvalue weighted by Gasteiger charge is -2.42. The Hall–Kier alpha value is -3.17. The van der Waals surface area contributed by atoms with Crippen LogP contribution in [0.25, 0.3) is 16.7 Å². The van der Waals surface area contributed by atoms with E-state index in [0.717, 1.165) is 87.9 Å². The maximum Gasteiger partial charge on any atom is 0.304 e. The lowest BCUT2D eigenvalue weighted by molar-refractivity contribution is 0.0119. The molecule has 3 aromatic rings. The number of hydrogen-bond acceptors (Lipinski definition) is 9. The number of benzene rings is 1. The van der Waals surface area contributed by atoms with E-state index in [9.17, 15) is 17.6 Å². The van der Waals surface area contributed by atoms with Gasteiger partial charge in [-0.05, 0) is 68.9 Å². The van der Waals surface area contributed by atoms with E-state index in [-0.39, 0.29) is 36.6 Å². The van der Waals surface area contributed by atoms with Gasteiger partial charge >= 0.3 is 10.2 Å². The van der Waals surface area contributed by atoms with Crippen LogP contribution < -0.4 is 9.62 Å². The largest absolute Gasteiger partial charge is 0.381 e. The lowest BCUT2D eigenvalue weighted by atomic mass is 9.82. The number of nitrogens with one attached hydrogen (secondary N) is 1. The van der Waals surface area contributed by atoms with Crippen molar-refractivity contribution in [1.82, 2.24) is 28.7 Å². The summed E-state index contributed by atoms with van der Waals surface area (Å²) in [5.41, 5.74) is 2.82. The fourth-order valence-corrected chi connectivity index (χ4v) is 8.34. The molecule has 46 heavy (non-hydrogen) atoms. The first-order chi connectivity index (χ1) is 22.2. The normalized spacial score (nSPS) is 21.4. The summed E-state index contributed by atoms with van der Waals surface area (Å²) >= 11 is 0. The molecule has 0 unspecified atom stereocenters. The third-order valence-electron chi connectivity index (χ3n) is 10.3. The third-order valence-corrected chi connectivity index (χ3v) is 11.7. The molecule has 248 valence electrons. The van der Waals surface area contributed by atoms with E-state index in [1.807, 2.05) is 0 Å². The van der Waals surface area contributed by atoms with Crippen LogP contribution >= 0.6 is 0 Å². The minimum Gasteiger partial charge on any atom is -0.381 e. The van der Waals surface area contributed by atoms with Crippen molar-refractivity contribution in [3.63, 3.8) is 0 Å². The number of hydrogen-bond donors (Lipinski definition) is 1. The van der Waals surface area contributed by atoms with Gasteiger partial charge in [-0.3, -0.25) is 4.79 Å². The number of fused-ring (bicyclic) bond motifs is 1.